The Morgan fingerprint density at radius 2 is 2.31 bits per heavy atom. The van der Waals surface area contributed by atoms with E-state index in [4.69, 9.17) is 0 Å². The van der Waals surface area contributed by atoms with Crippen molar-refractivity contribution < 1.29 is 8.42 Å². The molecule has 2 heterocycles. The quantitative estimate of drug-likeness (QED) is 0.911. The van der Waals surface area contributed by atoms with Gasteiger partial charge in [0.15, 0.2) is 0 Å². The van der Waals surface area contributed by atoms with Gasteiger partial charge in [0.1, 0.15) is 4.90 Å². The number of nitrogens with one attached hydrogen (secondary N) is 2. The van der Waals surface area contributed by atoms with Crippen LogP contribution in [0.3, 0.4) is 0 Å². The van der Waals surface area contributed by atoms with Crippen molar-refractivity contribution in [1.82, 2.24) is 10.2 Å². The van der Waals surface area contributed by atoms with Crippen molar-refractivity contribution in [3.8, 4) is 0 Å². The summed E-state index contributed by atoms with van der Waals surface area (Å²) in [6.45, 7) is 1.76. The number of nitrogens with zero attached hydrogens (tertiary/aromatic N) is 1. The van der Waals surface area contributed by atoms with Gasteiger partial charge in [0.2, 0.25) is 0 Å². The summed E-state index contributed by atoms with van der Waals surface area (Å²) in [5.74, 6) is 0. The lowest BCUT2D eigenvalue weighted by molar-refractivity contribution is 0.601. The molecule has 0 amide bonds. The summed E-state index contributed by atoms with van der Waals surface area (Å²) in [4.78, 5) is 1.02. The number of aromatic nitrogens is 2. The third kappa shape index (κ3) is 2.28. The Balaban J connectivity index is 2.36. The normalized spacial score (nSPS) is 11.6. The van der Waals surface area contributed by atoms with E-state index >= 15 is 0 Å². The van der Waals surface area contributed by atoms with Crippen LogP contribution in [0, 0.1) is 6.92 Å². The average Bonchev–Trinajstić information content (AvgIpc) is 2.75. The fourth-order valence-corrected chi connectivity index (χ4v) is 4.66. The van der Waals surface area contributed by atoms with Crippen LogP contribution >= 0.6 is 27.3 Å². The highest BCUT2D eigenvalue weighted by Gasteiger charge is 2.19. The van der Waals surface area contributed by atoms with Gasteiger partial charge in [-0.25, -0.2) is 8.42 Å². The van der Waals surface area contributed by atoms with Crippen molar-refractivity contribution in [2.45, 2.75) is 11.8 Å². The average molecular weight is 322 g/mol. The lowest BCUT2D eigenvalue weighted by Gasteiger charge is -2.04. The molecule has 16 heavy (non-hydrogen) atoms. The molecule has 0 aliphatic carbocycles. The monoisotopic (exact) mass is 321 g/mol. The molecule has 0 radical (unpaired) electrons. The predicted octanol–water partition coefficient (Wildman–Crippen LogP) is 2.34. The highest BCUT2D eigenvalue weighted by molar-refractivity contribution is 9.11. The molecule has 5 nitrogen and oxygen atoms in total. The summed E-state index contributed by atoms with van der Waals surface area (Å²) in [6.07, 6.45) is 2.89. The van der Waals surface area contributed by atoms with E-state index in [2.05, 4.69) is 30.8 Å². The minimum Gasteiger partial charge on any atom is -0.284 e. The molecule has 0 fully saturated rings. The maximum Gasteiger partial charge on any atom is 0.263 e. The molecule has 0 spiro atoms. The van der Waals surface area contributed by atoms with Crippen LogP contribution in [0.1, 0.15) is 4.88 Å². The molecule has 86 valence electrons. The van der Waals surface area contributed by atoms with Crippen LogP contribution in [-0.4, -0.2) is 18.6 Å². The fourth-order valence-electron chi connectivity index (χ4n) is 1.21. The number of aromatic amines is 1. The Morgan fingerprint density at radius 3 is 2.81 bits per heavy atom. The second kappa shape index (κ2) is 4.19. The van der Waals surface area contributed by atoms with Gasteiger partial charge in [0, 0.05) is 11.1 Å². The van der Waals surface area contributed by atoms with E-state index in [1.807, 2.05) is 0 Å². The highest BCUT2D eigenvalue weighted by atomic mass is 79.9. The number of H-pyrrole nitrogens is 1. The summed E-state index contributed by atoms with van der Waals surface area (Å²) in [6, 6.07) is 1.59. The number of sulfonamides is 1. The minimum atomic E-state index is -3.52. The molecule has 2 rings (SSSR count). The molecule has 2 aromatic heterocycles. The Morgan fingerprint density at radius 1 is 1.56 bits per heavy atom. The van der Waals surface area contributed by atoms with E-state index < -0.39 is 10.0 Å². The summed E-state index contributed by atoms with van der Waals surface area (Å²) in [7, 11) is -3.52. The first-order chi connectivity index (χ1) is 7.49. The first-order valence-electron chi connectivity index (χ1n) is 4.26. The standard InChI is InChI=1S/C8H8BrN3O2S2/c1-5-7(2-8(9)15-5)16(13,14)12-6-3-10-11-4-6/h2-4,12H,1H3,(H,10,11). The number of rotatable bonds is 3. The van der Waals surface area contributed by atoms with Crippen molar-refractivity contribution >= 4 is 43.0 Å². The molecule has 0 unspecified atom stereocenters. The van der Waals surface area contributed by atoms with Gasteiger partial charge in [0.05, 0.1) is 15.7 Å². The van der Waals surface area contributed by atoms with Crippen molar-refractivity contribution in [2.24, 2.45) is 0 Å². The molecule has 0 aliphatic heterocycles. The van der Waals surface area contributed by atoms with Crippen LogP contribution in [0.25, 0.3) is 0 Å². The van der Waals surface area contributed by atoms with E-state index in [1.54, 1.807) is 13.0 Å². The van der Waals surface area contributed by atoms with Gasteiger partial charge in [0.25, 0.3) is 10.0 Å². The Kier molecular flexibility index (Phi) is 3.04. The zero-order chi connectivity index (χ0) is 11.8. The second-order valence-electron chi connectivity index (χ2n) is 3.06. The van der Waals surface area contributed by atoms with E-state index in [0.717, 1.165) is 8.66 Å². The summed E-state index contributed by atoms with van der Waals surface area (Å²) < 4.78 is 27.2. The number of hydrogen-bond acceptors (Lipinski definition) is 4. The third-order valence-electron chi connectivity index (χ3n) is 1.88. The molecule has 0 aromatic carbocycles. The number of anilines is 1. The van der Waals surface area contributed by atoms with Gasteiger partial charge < -0.3 is 0 Å². The molecule has 0 bridgehead atoms. The van der Waals surface area contributed by atoms with Crippen molar-refractivity contribution in [3.63, 3.8) is 0 Å². The van der Waals surface area contributed by atoms with Crippen LogP contribution in [0.5, 0.6) is 0 Å². The summed E-state index contributed by atoms with van der Waals surface area (Å²) >= 11 is 4.64. The fraction of sp³-hybridized carbons (Fsp3) is 0.125. The third-order valence-corrected chi connectivity index (χ3v) is 5.07. The van der Waals surface area contributed by atoms with Crippen molar-refractivity contribution in [1.29, 1.82) is 0 Å². The minimum absolute atomic E-state index is 0.283. The van der Waals surface area contributed by atoms with Gasteiger partial charge in [-0.3, -0.25) is 9.82 Å². The van der Waals surface area contributed by atoms with Crippen molar-refractivity contribution in [3.05, 3.63) is 27.1 Å². The predicted molar refractivity (Wildman–Crippen MR) is 66.2 cm³/mol. The number of halogens is 1. The molecular formula is C8H8BrN3O2S2. The first-order valence-corrected chi connectivity index (χ1v) is 7.36. The zero-order valence-corrected chi connectivity index (χ0v) is 11.4. The second-order valence-corrected chi connectivity index (χ2v) is 7.35. The molecule has 2 N–H and O–H groups in total. The van der Waals surface area contributed by atoms with Crippen LogP contribution in [0.2, 0.25) is 0 Å². The SMILES string of the molecule is Cc1sc(Br)cc1S(=O)(=O)Nc1cn[nH]c1. The molecule has 8 heteroatoms. The van der Waals surface area contributed by atoms with Gasteiger partial charge in [-0.05, 0) is 28.9 Å². The number of aryl methyl sites for hydroxylation is 1. The largest absolute Gasteiger partial charge is 0.284 e. The number of hydrogen-bond donors (Lipinski definition) is 2. The lowest BCUT2D eigenvalue weighted by Crippen LogP contribution is -2.12. The van der Waals surface area contributed by atoms with Crippen LogP contribution in [0.4, 0.5) is 5.69 Å². The number of thiophene rings is 1. The van der Waals surface area contributed by atoms with Crippen LogP contribution in [0.15, 0.2) is 27.1 Å². The van der Waals surface area contributed by atoms with Crippen LogP contribution in [-0.2, 0) is 10.0 Å². The molecule has 0 aliphatic rings. The summed E-state index contributed by atoms with van der Waals surface area (Å²) in [5, 5.41) is 6.21. The van der Waals surface area contributed by atoms with Gasteiger partial charge in [-0.15, -0.1) is 11.3 Å². The Labute approximate surface area is 105 Å². The molecule has 0 saturated heterocycles. The molecule has 0 saturated carbocycles. The summed E-state index contributed by atoms with van der Waals surface area (Å²) in [5.41, 5.74) is 0.418. The topological polar surface area (TPSA) is 74.8 Å². The van der Waals surface area contributed by atoms with Crippen molar-refractivity contribution in [2.75, 3.05) is 4.72 Å². The van der Waals surface area contributed by atoms with Gasteiger partial charge in [-0.2, -0.15) is 5.10 Å². The maximum atomic E-state index is 12.0. The van der Waals surface area contributed by atoms with E-state index in [-0.39, 0.29) is 4.90 Å². The zero-order valence-electron chi connectivity index (χ0n) is 8.19. The van der Waals surface area contributed by atoms with Gasteiger partial charge >= 0.3 is 0 Å². The van der Waals surface area contributed by atoms with Crippen LogP contribution < -0.4 is 4.72 Å². The van der Waals surface area contributed by atoms with E-state index in [9.17, 15) is 8.42 Å². The molecule has 0 atom stereocenters. The Bertz CT molecular complexity index is 589. The van der Waals surface area contributed by atoms with E-state index in [1.165, 1.54) is 23.7 Å². The smallest absolute Gasteiger partial charge is 0.263 e. The van der Waals surface area contributed by atoms with Gasteiger partial charge in [-0.1, -0.05) is 0 Å². The maximum absolute atomic E-state index is 12.0. The first kappa shape index (κ1) is 11.6. The molecule has 2 aromatic rings. The highest BCUT2D eigenvalue weighted by Crippen LogP contribution is 2.30. The Hall–Kier alpha value is -0.860. The van der Waals surface area contributed by atoms with E-state index in [0.29, 0.717) is 5.69 Å². The lowest BCUT2D eigenvalue weighted by atomic mass is 10.5. The molecular weight excluding hydrogens is 314 g/mol.